The summed E-state index contributed by atoms with van der Waals surface area (Å²) in [6.45, 7) is -0.0460. The monoisotopic (exact) mass is 495 g/mol. The standard InChI is InChI=1S/C27H33N3O6/c1-29(27(32)17-7-6-8-17)16-26(31)30-22(18-9-12-23(34-3)25(13-18)36-5)15-21(28-30)20-11-10-19(33-2)14-24(20)35-4/h9-14,17,22H,6-8,15-16H2,1-5H3. The molecule has 1 atom stereocenters. The molecular weight excluding hydrogens is 462 g/mol. The summed E-state index contributed by atoms with van der Waals surface area (Å²) >= 11 is 0. The lowest BCUT2D eigenvalue weighted by molar-refractivity contribution is -0.144. The molecule has 2 aromatic rings. The second-order valence-electron chi connectivity index (χ2n) is 9.01. The molecule has 1 fully saturated rings. The Morgan fingerprint density at radius 2 is 1.67 bits per heavy atom. The topological polar surface area (TPSA) is 89.9 Å². The lowest BCUT2D eigenvalue weighted by atomic mass is 9.84. The van der Waals surface area contributed by atoms with Gasteiger partial charge in [-0.05, 0) is 42.7 Å². The Morgan fingerprint density at radius 3 is 2.28 bits per heavy atom. The number of nitrogens with zero attached hydrogens (tertiary/aromatic N) is 3. The zero-order valence-corrected chi connectivity index (χ0v) is 21.4. The van der Waals surface area contributed by atoms with E-state index in [-0.39, 0.29) is 30.3 Å². The van der Waals surface area contributed by atoms with Crippen molar-refractivity contribution in [3.05, 3.63) is 47.5 Å². The number of amides is 2. The van der Waals surface area contributed by atoms with Gasteiger partial charge in [-0.15, -0.1) is 0 Å². The SMILES string of the molecule is COc1ccc(C2=NN(C(=O)CN(C)C(=O)C3CCC3)C(c3ccc(OC)c(OC)c3)C2)c(OC)c1. The summed E-state index contributed by atoms with van der Waals surface area (Å²) < 4.78 is 21.8. The van der Waals surface area contributed by atoms with Gasteiger partial charge in [-0.3, -0.25) is 9.59 Å². The number of methoxy groups -OCH3 is 4. The maximum absolute atomic E-state index is 13.5. The lowest BCUT2D eigenvalue weighted by Crippen LogP contribution is -2.42. The number of benzene rings is 2. The molecule has 9 nitrogen and oxygen atoms in total. The van der Waals surface area contributed by atoms with E-state index in [1.54, 1.807) is 41.6 Å². The number of hydrogen-bond acceptors (Lipinski definition) is 7. The predicted molar refractivity (Wildman–Crippen MR) is 135 cm³/mol. The van der Waals surface area contributed by atoms with E-state index in [0.29, 0.717) is 35.1 Å². The quantitative estimate of drug-likeness (QED) is 0.528. The summed E-state index contributed by atoms with van der Waals surface area (Å²) in [5.41, 5.74) is 2.33. The highest BCUT2D eigenvalue weighted by atomic mass is 16.5. The summed E-state index contributed by atoms with van der Waals surface area (Å²) in [7, 11) is 8.01. The van der Waals surface area contributed by atoms with Gasteiger partial charge in [0.25, 0.3) is 5.91 Å². The van der Waals surface area contributed by atoms with Gasteiger partial charge in [0, 0.05) is 31.0 Å². The Bertz CT molecular complexity index is 1160. The summed E-state index contributed by atoms with van der Waals surface area (Å²) in [6, 6.07) is 10.7. The van der Waals surface area contributed by atoms with Crippen LogP contribution >= 0.6 is 0 Å². The molecule has 0 saturated heterocycles. The van der Waals surface area contributed by atoms with Crippen LogP contribution in [0.5, 0.6) is 23.0 Å². The molecule has 1 heterocycles. The largest absolute Gasteiger partial charge is 0.497 e. The van der Waals surface area contributed by atoms with Gasteiger partial charge < -0.3 is 23.8 Å². The average molecular weight is 496 g/mol. The zero-order chi connectivity index (χ0) is 25.8. The van der Waals surface area contributed by atoms with Gasteiger partial charge in [0.15, 0.2) is 11.5 Å². The van der Waals surface area contributed by atoms with Crippen LogP contribution in [0.4, 0.5) is 0 Å². The third kappa shape index (κ3) is 4.96. The number of rotatable bonds is 9. The molecule has 0 N–H and O–H groups in total. The van der Waals surface area contributed by atoms with Gasteiger partial charge in [0.05, 0.1) is 40.2 Å². The van der Waals surface area contributed by atoms with Crippen molar-refractivity contribution >= 4 is 17.5 Å². The fourth-order valence-corrected chi connectivity index (χ4v) is 4.58. The second-order valence-corrected chi connectivity index (χ2v) is 9.01. The lowest BCUT2D eigenvalue weighted by Gasteiger charge is -2.30. The summed E-state index contributed by atoms with van der Waals surface area (Å²) in [6.07, 6.45) is 3.29. The summed E-state index contributed by atoms with van der Waals surface area (Å²) in [5.74, 6) is 2.20. The van der Waals surface area contributed by atoms with E-state index >= 15 is 0 Å². The third-order valence-electron chi connectivity index (χ3n) is 6.88. The summed E-state index contributed by atoms with van der Waals surface area (Å²) in [4.78, 5) is 27.7. The van der Waals surface area contributed by atoms with E-state index in [1.165, 1.54) is 9.91 Å². The first-order valence-corrected chi connectivity index (χ1v) is 12.0. The van der Waals surface area contributed by atoms with Gasteiger partial charge in [0.1, 0.15) is 18.0 Å². The van der Waals surface area contributed by atoms with Crippen LogP contribution in [0, 0.1) is 5.92 Å². The van der Waals surface area contributed by atoms with Crippen LogP contribution in [0.2, 0.25) is 0 Å². The maximum Gasteiger partial charge on any atom is 0.262 e. The molecule has 2 amide bonds. The minimum Gasteiger partial charge on any atom is -0.497 e. The number of carbonyl (C=O) groups is 2. The number of hydrazone groups is 1. The smallest absolute Gasteiger partial charge is 0.262 e. The van der Waals surface area contributed by atoms with Crippen LogP contribution in [0.1, 0.15) is 42.9 Å². The molecule has 1 aliphatic heterocycles. The Hall–Kier alpha value is -3.75. The molecule has 192 valence electrons. The van der Waals surface area contributed by atoms with Crippen LogP contribution in [-0.4, -0.2) is 69.5 Å². The number of hydrogen-bond donors (Lipinski definition) is 0. The molecule has 9 heteroatoms. The average Bonchev–Trinajstić information content (AvgIpc) is 3.32. The Labute approximate surface area is 211 Å². The molecule has 2 aromatic carbocycles. The molecule has 4 rings (SSSR count). The Kier molecular flexibility index (Phi) is 7.67. The van der Waals surface area contributed by atoms with Crippen LogP contribution in [0.25, 0.3) is 0 Å². The zero-order valence-electron chi connectivity index (χ0n) is 21.4. The summed E-state index contributed by atoms with van der Waals surface area (Å²) in [5, 5.41) is 6.22. The fraction of sp³-hybridized carbons (Fsp3) is 0.444. The predicted octanol–water partition coefficient (Wildman–Crippen LogP) is 3.66. The highest BCUT2D eigenvalue weighted by Gasteiger charge is 2.36. The first-order valence-electron chi connectivity index (χ1n) is 12.0. The second kappa shape index (κ2) is 10.9. The molecule has 1 aliphatic carbocycles. The maximum atomic E-state index is 13.5. The van der Waals surface area contributed by atoms with Gasteiger partial charge in [-0.1, -0.05) is 12.5 Å². The highest BCUT2D eigenvalue weighted by Crippen LogP contribution is 2.39. The van der Waals surface area contributed by atoms with E-state index in [4.69, 9.17) is 24.0 Å². The van der Waals surface area contributed by atoms with Crippen LogP contribution < -0.4 is 18.9 Å². The van der Waals surface area contributed by atoms with E-state index in [0.717, 1.165) is 30.4 Å². The van der Waals surface area contributed by atoms with Gasteiger partial charge in [-0.2, -0.15) is 5.10 Å². The van der Waals surface area contributed by atoms with Gasteiger partial charge in [-0.25, -0.2) is 5.01 Å². The minimum absolute atomic E-state index is 0.0116. The molecule has 2 aliphatic rings. The molecule has 0 spiro atoms. The van der Waals surface area contributed by atoms with Crippen molar-refractivity contribution in [3.63, 3.8) is 0 Å². The van der Waals surface area contributed by atoms with Crippen molar-refractivity contribution in [3.8, 4) is 23.0 Å². The van der Waals surface area contributed by atoms with E-state index < -0.39 is 0 Å². The van der Waals surface area contributed by atoms with Gasteiger partial charge >= 0.3 is 0 Å². The van der Waals surface area contributed by atoms with E-state index in [9.17, 15) is 9.59 Å². The normalized spacial score (nSPS) is 17.2. The number of likely N-dealkylation sites (N-methyl/N-ethyl adjacent to an activating group) is 1. The van der Waals surface area contributed by atoms with Crippen molar-refractivity contribution in [2.45, 2.75) is 31.7 Å². The molecule has 1 unspecified atom stereocenters. The Morgan fingerprint density at radius 1 is 0.944 bits per heavy atom. The van der Waals surface area contributed by atoms with Crippen molar-refractivity contribution in [1.82, 2.24) is 9.91 Å². The molecular formula is C27H33N3O6. The van der Waals surface area contributed by atoms with E-state index in [1.807, 2.05) is 30.3 Å². The Balaban J connectivity index is 1.67. The van der Waals surface area contributed by atoms with Crippen molar-refractivity contribution in [2.75, 3.05) is 42.0 Å². The number of ether oxygens (including phenoxy) is 4. The molecule has 0 aromatic heterocycles. The van der Waals surface area contributed by atoms with Crippen molar-refractivity contribution in [2.24, 2.45) is 11.0 Å². The molecule has 1 saturated carbocycles. The van der Waals surface area contributed by atoms with Crippen LogP contribution in [0.15, 0.2) is 41.5 Å². The van der Waals surface area contributed by atoms with Crippen LogP contribution in [0.3, 0.4) is 0 Å². The van der Waals surface area contributed by atoms with E-state index in [2.05, 4.69) is 0 Å². The van der Waals surface area contributed by atoms with Crippen molar-refractivity contribution in [1.29, 1.82) is 0 Å². The first-order chi connectivity index (χ1) is 17.4. The molecule has 0 radical (unpaired) electrons. The molecule has 0 bridgehead atoms. The fourth-order valence-electron chi connectivity index (χ4n) is 4.58. The van der Waals surface area contributed by atoms with Crippen LogP contribution in [-0.2, 0) is 9.59 Å². The minimum atomic E-state index is -0.383. The van der Waals surface area contributed by atoms with Gasteiger partial charge in [0.2, 0.25) is 5.91 Å². The molecule has 36 heavy (non-hydrogen) atoms. The highest BCUT2D eigenvalue weighted by molar-refractivity contribution is 6.05. The number of carbonyl (C=O) groups excluding carboxylic acids is 2. The van der Waals surface area contributed by atoms with Crippen molar-refractivity contribution < 1.29 is 28.5 Å². The first kappa shape index (κ1) is 25.3. The third-order valence-corrected chi connectivity index (χ3v) is 6.88.